The predicted octanol–water partition coefficient (Wildman–Crippen LogP) is 3.54. The van der Waals surface area contributed by atoms with Crippen LogP contribution in [0.5, 0.6) is 5.75 Å². The Kier molecular flexibility index (Phi) is 3.66. The summed E-state index contributed by atoms with van der Waals surface area (Å²) in [6, 6.07) is 6.35. The SMILES string of the molecule is O=[N+]([O-])c1cccc(OCC2(CBr)CCC2)c1. The fourth-order valence-corrected chi connectivity index (χ4v) is 2.64. The van der Waals surface area contributed by atoms with Gasteiger partial charge in [0, 0.05) is 16.8 Å². The maximum Gasteiger partial charge on any atom is 0.273 e. The summed E-state index contributed by atoms with van der Waals surface area (Å²) in [5, 5.41) is 11.5. The zero-order chi connectivity index (χ0) is 12.3. The van der Waals surface area contributed by atoms with Crippen LogP contribution in [0.4, 0.5) is 5.69 Å². The minimum Gasteiger partial charge on any atom is -0.493 e. The molecule has 1 aliphatic carbocycles. The molecule has 17 heavy (non-hydrogen) atoms. The fourth-order valence-electron chi connectivity index (χ4n) is 1.92. The third kappa shape index (κ3) is 2.77. The first-order chi connectivity index (χ1) is 8.15. The Morgan fingerprint density at radius 3 is 2.76 bits per heavy atom. The van der Waals surface area contributed by atoms with Crippen LogP contribution < -0.4 is 4.74 Å². The molecule has 5 heteroatoms. The van der Waals surface area contributed by atoms with E-state index in [0.29, 0.717) is 12.4 Å². The molecule has 0 atom stereocenters. The van der Waals surface area contributed by atoms with Crippen LogP contribution in [0.3, 0.4) is 0 Å². The number of non-ortho nitro benzene ring substituents is 1. The van der Waals surface area contributed by atoms with Crippen molar-refractivity contribution in [3.63, 3.8) is 0 Å². The van der Waals surface area contributed by atoms with Gasteiger partial charge in [0.1, 0.15) is 5.75 Å². The summed E-state index contributed by atoms with van der Waals surface area (Å²) in [7, 11) is 0. The molecular weight excluding hydrogens is 286 g/mol. The molecule has 1 aliphatic rings. The Bertz CT molecular complexity index is 412. The van der Waals surface area contributed by atoms with Gasteiger partial charge in [0.05, 0.1) is 17.6 Å². The van der Waals surface area contributed by atoms with Gasteiger partial charge in [0.2, 0.25) is 0 Å². The lowest BCUT2D eigenvalue weighted by Gasteiger charge is -2.39. The number of ether oxygens (including phenoxy) is 1. The van der Waals surface area contributed by atoms with Crippen LogP contribution in [-0.4, -0.2) is 16.9 Å². The van der Waals surface area contributed by atoms with Crippen molar-refractivity contribution < 1.29 is 9.66 Å². The second kappa shape index (κ2) is 5.04. The van der Waals surface area contributed by atoms with E-state index in [1.807, 2.05) is 0 Å². The van der Waals surface area contributed by atoms with Gasteiger partial charge < -0.3 is 4.74 Å². The van der Waals surface area contributed by atoms with E-state index in [0.717, 1.165) is 18.2 Å². The fraction of sp³-hybridized carbons (Fsp3) is 0.500. The lowest BCUT2D eigenvalue weighted by Crippen LogP contribution is -2.37. The number of nitrogens with zero attached hydrogens (tertiary/aromatic N) is 1. The third-order valence-corrected chi connectivity index (χ3v) is 4.46. The van der Waals surface area contributed by atoms with Crippen LogP contribution >= 0.6 is 15.9 Å². The van der Waals surface area contributed by atoms with Gasteiger partial charge in [-0.25, -0.2) is 0 Å². The molecule has 0 aromatic heterocycles. The van der Waals surface area contributed by atoms with Crippen LogP contribution in [0.1, 0.15) is 19.3 Å². The summed E-state index contributed by atoms with van der Waals surface area (Å²) in [5.41, 5.74) is 0.300. The minimum absolute atomic E-state index is 0.0731. The van der Waals surface area contributed by atoms with Crippen molar-refractivity contribution in [2.75, 3.05) is 11.9 Å². The van der Waals surface area contributed by atoms with E-state index in [4.69, 9.17) is 4.74 Å². The summed E-state index contributed by atoms with van der Waals surface area (Å²) in [6.07, 6.45) is 3.56. The van der Waals surface area contributed by atoms with Gasteiger partial charge in [-0.1, -0.05) is 28.4 Å². The van der Waals surface area contributed by atoms with E-state index in [9.17, 15) is 10.1 Å². The van der Waals surface area contributed by atoms with Gasteiger partial charge in [0.15, 0.2) is 0 Å². The lowest BCUT2D eigenvalue weighted by atomic mass is 9.71. The Morgan fingerprint density at radius 1 is 1.47 bits per heavy atom. The van der Waals surface area contributed by atoms with Crippen molar-refractivity contribution in [3.05, 3.63) is 34.4 Å². The van der Waals surface area contributed by atoms with Crippen molar-refractivity contribution >= 4 is 21.6 Å². The van der Waals surface area contributed by atoms with Crippen LogP contribution in [0, 0.1) is 15.5 Å². The first kappa shape index (κ1) is 12.4. The second-order valence-corrected chi connectivity index (χ2v) is 5.09. The highest BCUT2D eigenvalue weighted by Gasteiger charge is 2.36. The van der Waals surface area contributed by atoms with Gasteiger partial charge >= 0.3 is 0 Å². The topological polar surface area (TPSA) is 52.4 Å². The standard InChI is InChI=1S/C12H14BrNO3/c13-8-12(5-2-6-12)9-17-11-4-1-3-10(7-11)14(15)16/h1,3-4,7H,2,5-6,8-9H2. The summed E-state index contributed by atoms with van der Waals surface area (Å²) >= 11 is 3.51. The maximum atomic E-state index is 10.6. The number of rotatable bonds is 5. The molecule has 1 aromatic carbocycles. The highest BCUT2D eigenvalue weighted by Crippen LogP contribution is 2.42. The second-order valence-electron chi connectivity index (χ2n) is 4.53. The van der Waals surface area contributed by atoms with Crippen molar-refractivity contribution in [2.45, 2.75) is 19.3 Å². The number of halogens is 1. The summed E-state index contributed by atoms with van der Waals surface area (Å²) in [5.74, 6) is 0.575. The van der Waals surface area contributed by atoms with E-state index in [-0.39, 0.29) is 11.1 Å². The smallest absolute Gasteiger partial charge is 0.273 e. The highest BCUT2D eigenvalue weighted by atomic mass is 79.9. The molecule has 0 aliphatic heterocycles. The summed E-state index contributed by atoms with van der Waals surface area (Å²) in [4.78, 5) is 10.2. The zero-order valence-electron chi connectivity index (χ0n) is 9.39. The van der Waals surface area contributed by atoms with Crippen LogP contribution in [0.2, 0.25) is 0 Å². The van der Waals surface area contributed by atoms with Crippen molar-refractivity contribution in [3.8, 4) is 5.75 Å². The quantitative estimate of drug-likeness (QED) is 0.475. The molecule has 0 radical (unpaired) electrons. The average molecular weight is 300 g/mol. The molecule has 0 saturated heterocycles. The number of nitro benzene ring substituents is 1. The van der Waals surface area contributed by atoms with Crippen LogP contribution in [-0.2, 0) is 0 Å². The Hall–Kier alpha value is -1.10. The molecule has 1 saturated carbocycles. The third-order valence-electron chi connectivity index (χ3n) is 3.27. The van der Waals surface area contributed by atoms with Gasteiger partial charge in [0.25, 0.3) is 5.69 Å². The molecule has 0 amide bonds. The first-order valence-corrected chi connectivity index (χ1v) is 6.71. The van der Waals surface area contributed by atoms with Crippen molar-refractivity contribution in [1.82, 2.24) is 0 Å². The predicted molar refractivity (Wildman–Crippen MR) is 68.7 cm³/mol. The molecule has 2 rings (SSSR count). The van der Waals surface area contributed by atoms with Crippen LogP contribution in [0.25, 0.3) is 0 Å². The van der Waals surface area contributed by atoms with E-state index < -0.39 is 4.92 Å². The normalized spacial score (nSPS) is 17.2. The maximum absolute atomic E-state index is 10.6. The number of hydrogen-bond donors (Lipinski definition) is 0. The summed E-state index contributed by atoms with van der Waals surface area (Å²) < 4.78 is 5.66. The lowest BCUT2D eigenvalue weighted by molar-refractivity contribution is -0.384. The monoisotopic (exact) mass is 299 g/mol. The molecule has 0 spiro atoms. The van der Waals surface area contributed by atoms with Gasteiger partial charge in [-0.3, -0.25) is 10.1 Å². The number of alkyl halides is 1. The van der Waals surface area contributed by atoms with E-state index >= 15 is 0 Å². The van der Waals surface area contributed by atoms with Crippen molar-refractivity contribution in [1.29, 1.82) is 0 Å². The Morgan fingerprint density at radius 2 is 2.24 bits per heavy atom. The first-order valence-electron chi connectivity index (χ1n) is 5.58. The molecule has 0 unspecified atom stereocenters. The zero-order valence-corrected chi connectivity index (χ0v) is 11.0. The van der Waals surface area contributed by atoms with E-state index in [1.54, 1.807) is 12.1 Å². The van der Waals surface area contributed by atoms with E-state index in [2.05, 4.69) is 15.9 Å². The molecule has 1 fully saturated rings. The number of benzene rings is 1. The van der Waals surface area contributed by atoms with Gasteiger partial charge in [-0.2, -0.15) is 0 Å². The number of nitro groups is 1. The molecular formula is C12H14BrNO3. The Balaban J connectivity index is 1.99. The molecule has 0 N–H and O–H groups in total. The molecule has 0 heterocycles. The summed E-state index contributed by atoms with van der Waals surface area (Å²) in [6.45, 7) is 0.624. The van der Waals surface area contributed by atoms with Gasteiger partial charge in [-0.15, -0.1) is 0 Å². The van der Waals surface area contributed by atoms with Crippen LogP contribution in [0.15, 0.2) is 24.3 Å². The molecule has 4 nitrogen and oxygen atoms in total. The molecule has 0 bridgehead atoms. The Labute approximate surface area is 108 Å². The van der Waals surface area contributed by atoms with E-state index in [1.165, 1.54) is 18.6 Å². The highest BCUT2D eigenvalue weighted by molar-refractivity contribution is 9.09. The average Bonchev–Trinajstić information content (AvgIpc) is 2.28. The molecule has 1 aromatic rings. The largest absolute Gasteiger partial charge is 0.493 e. The van der Waals surface area contributed by atoms with Gasteiger partial charge in [-0.05, 0) is 18.9 Å². The minimum atomic E-state index is -0.406. The molecule has 92 valence electrons. The number of hydrogen-bond acceptors (Lipinski definition) is 3. The van der Waals surface area contributed by atoms with Crippen molar-refractivity contribution in [2.24, 2.45) is 5.41 Å².